The normalized spacial score (nSPS) is 21.4. The van der Waals surface area contributed by atoms with E-state index in [4.69, 9.17) is 4.74 Å². The lowest BCUT2D eigenvalue weighted by Gasteiger charge is -2.33. The van der Waals surface area contributed by atoms with Gasteiger partial charge in [0.05, 0.1) is 12.7 Å². The van der Waals surface area contributed by atoms with E-state index in [1.165, 1.54) is 0 Å². The molecule has 0 bridgehead atoms. The van der Waals surface area contributed by atoms with Crippen LogP contribution in [0.3, 0.4) is 0 Å². The predicted octanol–water partition coefficient (Wildman–Crippen LogP) is 2.98. The van der Waals surface area contributed by atoms with E-state index in [0.29, 0.717) is 6.10 Å². The Balaban J connectivity index is 1.92. The maximum absolute atomic E-state index is 14.0. The van der Waals surface area contributed by atoms with Crippen molar-refractivity contribution in [1.82, 2.24) is 10.2 Å². The van der Waals surface area contributed by atoms with Gasteiger partial charge in [-0.05, 0) is 25.5 Å². The Labute approximate surface area is 127 Å². The van der Waals surface area contributed by atoms with Crippen LogP contribution in [0.25, 0.3) is 0 Å². The van der Waals surface area contributed by atoms with Crippen LogP contribution in [0.15, 0.2) is 24.3 Å². The number of nitrogens with one attached hydrogen (secondary N) is 1. The lowest BCUT2D eigenvalue weighted by Crippen LogP contribution is -2.43. The van der Waals surface area contributed by atoms with Crippen LogP contribution in [0.1, 0.15) is 38.3 Å². The summed E-state index contributed by atoms with van der Waals surface area (Å²) >= 11 is 0. The molecular weight excluding hydrogens is 267 g/mol. The SMILES string of the molecule is CCNC(CCN1CCOC(CC)C1)c1ccccc1F. The van der Waals surface area contributed by atoms with Gasteiger partial charge in [0.25, 0.3) is 0 Å². The molecule has 3 nitrogen and oxygen atoms in total. The highest BCUT2D eigenvalue weighted by atomic mass is 19.1. The fourth-order valence-electron chi connectivity index (χ4n) is 2.91. The van der Waals surface area contributed by atoms with Gasteiger partial charge in [-0.15, -0.1) is 0 Å². The Morgan fingerprint density at radius 1 is 1.38 bits per heavy atom. The Kier molecular flexibility index (Phi) is 6.61. The molecule has 0 amide bonds. The van der Waals surface area contributed by atoms with Gasteiger partial charge in [-0.25, -0.2) is 4.39 Å². The van der Waals surface area contributed by atoms with Gasteiger partial charge >= 0.3 is 0 Å². The molecule has 2 rings (SSSR count). The van der Waals surface area contributed by atoms with Crippen molar-refractivity contribution in [1.29, 1.82) is 0 Å². The molecule has 1 aliphatic rings. The summed E-state index contributed by atoms with van der Waals surface area (Å²) in [7, 11) is 0. The van der Waals surface area contributed by atoms with Crippen molar-refractivity contribution in [2.45, 2.75) is 38.8 Å². The second-order valence-electron chi connectivity index (χ2n) is 5.62. The molecule has 2 unspecified atom stereocenters. The summed E-state index contributed by atoms with van der Waals surface area (Å²) in [6, 6.07) is 7.16. The van der Waals surface area contributed by atoms with Crippen molar-refractivity contribution in [3.05, 3.63) is 35.6 Å². The van der Waals surface area contributed by atoms with Gasteiger partial charge in [0, 0.05) is 31.2 Å². The second kappa shape index (κ2) is 8.47. The van der Waals surface area contributed by atoms with E-state index in [-0.39, 0.29) is 11.9 Å². The Morgan fingerprint density at radius 3 is 2.90 bits per heavy atom. The fraction of sp³-hybridized carbons (Fsp3) is 0.647. The number of ether oxygens (including phenoxy) is 1. The van der Waals surface area contributed by atoms with E-state index in [2.05, 4.69) is 24.1 Å². The van der Waals surface area contributed by atoms with Crippen LogP contribution in [0, 0.1) is 5.82 Å². The van der Waals surface area contributed by atoms with E-state index < -0.39 is 0 Å². The largest absolute Gasteiger partial charge is 0.376 e. The zero-order chi connectivity index (χ0) is 15.1. The standard InChI is InChI=1S/C17H27FN2O/c1-3-14-13-20(11-12-21-14)10-9-17(19-4-2)15-7-5-6-8-16(15)18/h5-8,14,17,19H,3-4,9-13H2,1-2H3. The van der Waals surface area contributed by atoms with Crippen molar-refractivity contribution < 1.29 is 9.13 Å². The number of morpholine rings is 1. The quantitative estimate of drug-likeness (QED) is 0.837. The molecule has 2 atom stereocenters. The van der Waals surface area contributed by atoms with Gasteiger partial charge in [-0.1, -0.05) is 32.0 Å². The van der Waals surface area contributed by atoms with Crippen molar-refractivity contribution in [3.63, 3.8) is 0 Å². The molecule has 0 saturated carbocycles. The lowest BCUT2D eigenvalue weighted by molar-refractivity contribution is -0.0305. The van der Waals surface area contributed by atoms with Crippen LogP contribution < -0.4 is 5.32 Å². The summed E-state index contributed by atoms with van der Waals surface area (Å²) in [4.78, 5) is 2.43. The maximum Gasteiger partial charge on any atom is 0.127 e. The summed E-state index contributed by atoms with van der Waals surface area (Å²) < 4.78 is 19.7. The third kappa shape index (κ3) is 4.77. The molecule has 0 spiro atoms. The first-order valence-corrected chi connectivity index (χ1v) is 8.06. The molecule has 21 heavy (non-hydrogen) atoms. The molecule has 0 radical (unpaired) electrons. The second-order valence-corrected chi connectivity index (χ2v) is 5.62. The molecule has 1 aromatic carbocycles. The van der Waals surface area contributed by atoms with Gasteiger partial charge < -0.3 is 10.1 Å². The predicted molar refractivity (Wildman–Crippen MR) is 83.9 cm³/mol. The minimum absolute atomic E-state index is 0.0825. The average molecular weight is 294 g/mol. The van der Waals surface area contributed by atoms with E-state index in [9.17, 15) is 4.39 Å². The van der Waals surface area contributed by atoms with Crippen molar-refractivity contribution in [3.8, 4) is 0 Å². The molecule has 1 fully saturated rings. The Hall–Kier alpha value is -0.970. The fourth-order valence-corrected chi connectivity index (χ4v) is 2.91. The summed E-state index contributed by atoms with van der Waals surface area (Å²) in [5, 5.41) is 3.41. The van der Waals surface area contributed by atoms with Gasteiger partial charge in [0.1, 0.15) is 5.82 Å². The van der Waals surface area contributed by atoms with Gasteiger partial charge in [0.15, 0.2) is 0 Å². The summed E-state index contributed by atoms with van der Waals surface area (Å²) in [5.74, 6) is -0.114. The molecule has 1 heterocycles. The zero-order valence-electron chi connectivity index (χ0n) is 13.1. The highest BCUT2D eigenvalue weighted by Crippen LogP contribution is 2.21. The van der Waals surface area contributed by atoms with Gasteiger partial charge in [-0.3, -0.25) is 4.90 Å². The first kappa shape index (κ1) is 16.4. The van der Waals surface area contributed by atoms with Gasteiger partial charge in [0.2, 0.25) is 0 Å². The highest BCUT2D eigenvalue weighted by molar-refractivity contribution is 5.21. The number of halogens is 1. The van der Waals surface area contributed by atoms with Crippen molar-refractivity contribution in [2.75, 3.05) is 32.8 Å². The molecule has 0 aromatic heterocycles. The van der Waals surface area contributed by atoms with Crippen molar-refractivity contribution >= 4 is 0 Å². The lowest BCUT2D eigenvalue weighted by atomic mass is 10.0. The molecule has 1 aromatic rings. The third-order valence-corrected chi connectivity index (χ3v) is 4.14. The molecule has 1 saturated heterocycles. The summed E-state index contributed by atoms with van der Waals surface area (Å²) in [6.45, 7) is 8.83. The Morgan fingerprint density at radius 2 is 2.19 bits per heavy atom. The van der Waals surface area contributed by atoms with Crippen LogP contribution in [0.5, 0.6) is 0 Å². The van der Waals surface area contributed by atoms with Crippen LogP contribution in [-0.2, 0) is 4.74 Å². The number of rotatable bonds is 7. The highest BCUT2D eigenvalue weighted by Gasteiger charge is 2.21. The minimum Gasteiger partial charge on any atom is -0.376 e. The molecule has 1 aliphatic heterocycles. The van der Waals surface area contributed by atoms with E-state index in [0.717, 1.165) is 51.2 Å². The minimum atomic E-state index is -0.114. The smallest absolute Gasteiger partial charge is 0.127 e. The summed E-state index contributed by atoms with van der Waals surface area (Å²) in [5.41, 5.74) is 0.777. The molecule has 1 N–H and O–H groups in total. The van der Waals surface area contributed by atoms with Crippen LogP contribution in [0.4, 0.5) is 4.39 Å². The topological polar surface area (TPSA) is 24.5 Å². The van der Waals surface area contributed by atoms with E-state index in [1.807, 2.05) is 12.1 Å². The zero-order valence-corrected chi connectivity index (χ0v) is 13.1. The number of hydrogen-bond donors (Lipinski definition) is 1. The van der Waals surface area contributed by atoms with Crippen LogP contribution >= 0.6 is 0 Å². The number of benzene rings is 1. The van der Waals surface area contributed by atoms with Crippen LogP contribution in [0.2, 0.25) is 0 Å². The Bertz CT molecular complexity index is 427. The monoisotopic (exact) mass is 294 g/mol. The van der Waals surface area contributed by atoms with Crippen LogP contribution in [-0.4, -0.2) is 43.8 Å². The number of nitrogens with zero attached hydrogens (tertiary/aromatic N) is 1. The van der Waals surface area contributed by atoms with Gasteiger partial charge in [-0.2, -0.15) is 0 Å². The maximum atomic E-state index is 14.0. The third-order valence-electron chi connectivity index (χ3n) is 4.14. The molecular formula is C17H27FN2O. The van der Waals surface area contributed by atoms with Crippen molar-refractivity contribution in [2.24, 2.45) is 0 Å². The summed E-state index contributed by atoms with van der Waals surface area (Å²) in [6.07, 6.45) is 2.33. The average Bonchev–Trinajstić information content (AvgIpc) is 2.52. The first-order valence-electron chi connectivity index (χ1n) is 8.06. The van der Waals surface area contributed by atoms with E-state index >= 15 is 0 Å². The number of hydrogen-bond acceptors (Lipinski definition) is 3. The molecule has 118 valence electrons. The molecule has 4 heteroatoms. The first-order chi connectivity index (χ1) is 10.2. The van der Waals surface area contributed by atoms with E-state index in [1.54, 1.807) is 12.1 Å². The molecule has 0 aliphatic carbocycles.